The Labute approximate surface area is 127 Å². The van der Waals surface area contributed by atoms with E-state index in [-0.39, 0.29) is 5.91 Å². The predicted octanol–water partition coefficient (Wildman–Crippen LogP) is 1.03. The van der Waals surface area contributed by atoms with Gasteiger partial charge in [-0.1, -0.05) is 0 Å². The number of hydrogen-bond acceptors (Lipinski definition) is 4. The van der Waals surface area contributed by atoms with Gasteiger partial charge in [-0.15, -0.1) is 0 Å². The summed E-state index contributed by atoms with van der Waals surface area (Å²) in [6, 6.07) is 2.34. The summed E-state index contributed by atoms with van der Waals surface area (Å²) in [6.45, 7) is 2.07. The van der Waals surface area contributed by atoms with E-state index in [0.717, 1.165) is 48.0 Å². The smallest absolute Gasteiger partial charge is 0.231 e. The summed E-state index contributed by atoms with van der Waals surface area (Å²) in [4.78, 5) is 25.3. The number of pyridine rings is 1. The second-order valence-electron chi connectivity index (χ2n) is 5.88. The molecule has 0 aromatic carbocycles. The normalized spacial score (nSPS) is 19.9. The van der Waals surface area contributed by atoms with Crippen molar-refractivity contribution in [2.45, 2.75) is 18.9 Å². The largest absolute Gasteiger partial charge is 0.369 e. The Hall–Kier alpha value is -2.41. The minimum atomic E-state index is -0.270. The lowest BCUT2D eigenvalue weighted by Gasteiger charge is -2.32. The van der Waals surface area contributed by atoms with Crippen LogP contribution < -0.4 is 5.73 Å². The van der Waals surface area contributed by atoms with Gasteiger partial charge in [0.2, 0.25) is 5.91 Å². The highest BCUT2D eigenvalue weighted by molar-refractivity contribution is 6.00. The number of aromatic amines is 1. The molecule has 3 N–H and O–H groups in total. The highest BCUT2D eigenvalue weighted by Crippen LogP contribution is 2.29. The van der Waals surface area contributed by atoms with Gasteiger partial charge in [0.15, 0.2) is 0 Å². The molecule has 1 amide bonds. The molecule has 0 spiro atoms. The number of likely N-dealkylation sites (tertiary alicyclic amines) is 1. The van der Waals surface area contributed by atoms with Gasteiger partial charge in [-0.25, -0.2) is 9.97 Å². The summed E-state index contributed by atoms with van der Waals surface area (Å²) in [6.07, 6.45) is 7.72. The quantitative estimate of drug-likeness (QED) is 0.755. The van der Waals surface area contributed by atoms with E-state index in [1.54, 1.807) is 6.20 Å². The third-order valence-corrected chi connectivity index (χ3v) is 4.37. The van der Waals surface area contributed by atoms with Gasteiger partial charge < -0.3 is 15.3 Å². The zero-order chi connectivity index (χ0) is 15.1. The molecule has 1 fully saturated rings. The number of fused-ring (bicyclic) bond motifs is 3. The van der Waals surface area contributed by atoms with Crippen molar-refractivity contribution in [1.82, 2.24) is 24.4 Å². The molecule has 0 saturated carbocycles. The Bertz CT molecular complexity index is 835. The molecule has 1 saturated heterocycles. The van der Waals surface area contributed by atoms with Crippen molar-refractivity contribution in [3.05, 3.63) is 24.8 Å². The van der Waals surface area contributed by atoms with E-state index < -0.39 is 0 Å². The fourth-order valence-electron chi connectivity index (χ4n) is 3.43. The highest BCUT2D eigenvalue weighted by atomic mass is 16.1. The molecule has 4 rings (SSSR count). The maximum Gasteiger partial charge on any atom is 0.231 e. The number of H-pyrrole nitrogens is 1. The van der Waals surface area contributed by atoms with Crippen LogP contribution in [-0.2, 0) is 4.79 Å². The number of rotatable bonds is 3. The van der Waals surface area contributed by atoms with Gasteiger partial charge >= 0.3 is 0 Å². The number of imidazole rings is 1. The zero-order valence-corrected chi connectivity index (χ0v) is 12.2. The lowest BCUT2D eigenvalue weighted by atomic mass is 10.1. The van der Waals surface area contributed by atoms with Gasteiger partial charge in [0.05, 0.1) is 24.6 Å². The third-order valence-electron chi connectivity index (χ3n) is 4.37. The Morgan fingerprint density at radius 1 is 1.45 bits per heavy atom. The second-order valence-corrected chi connectivity index (χ2v) is 5.88. The van der Waals surface area contributed by atoms with Crippen LogP contribution in [0.4, 0.5) is 0 Å². The number of primary amides is 1. The summed E-state index contributed by atoms with van der Waals surface area (Å²) >= 11 is 0. The molecule has 1 aliphatic heterocycles. The summed E-state index contributed by atoms with van der Waals surface area (Å²) in [5.41, 5.74) is 8.21. The van der Waals surface area contributed by atoms with Crippen LogP contribution >= 0.6 is 0 Å². The van der Waals surface area contributed by atoms with Gasteiger partial charge in [-0.2, -0.15) is 0 Å². The van der Waals surface area contributed by atoms with Gasteiger partial charge in [-0.3, -0.25) is 9.69 Å². The number of carbonyl (C=O) groups excluding carboxylic acids is 1. The Kier molecular flexibility index (Phi) is 3.07. The minimum Gasteiger partial charge on any atom is -0.369 e. The molecule has 3 aromatic heterocycles. The Morgan fingerprint density at radius 3 is 3.23 bits per heavy atom. The first-order chi connectivity index (χ1) is 10.7. The van der Waals surface area contributed by atoms with Crippen LogP contribution in [0.5, 0.6) is 0 Å². The Morgan fingerprint density at radius 2 is 2.36 bits per heavy atom. The monoisotopic (exact) mass is 298 g/mol. The number of aromatic nitrogens is 4. The van der Waals surface area contributed by atoms with E-state index in [1.165, 1.54) is 0 Å². The van der Waals surface area contributed by atoms with Crippen LogP contribution in [0.1, 0.15) is 18.9 Å². The van der Waals surface area contributed by atoms with Crippen molar-refractivity contribution in [3.63, 3.8) is 0 Å². The van der Waals surface area contributed by atoms with Crippen molar-refractivity contribution in [2.24, 2.45) is 5.73 Å². The second kappa shape index (κ2) is 5.10. The lowest BCUT2D eigenvalue weighted by molar-refractivity contribution is -0.119. The molecular formula is C15H18N6O. The zero-order valence-electron chi connectivity index (χ0n) is 12.2. The molecule has 1 aliphatic rings. The molecule has 114 valence electrons. The summed E-state index contributed by atoms with van der Waals surface area (Å²) < 4.78 is 2.22. The molecule has 7 nitrogen and oxygen atoms in total. The summed E-state index contributed by atoms with van der Waals surface area (Å²) in [7, 11) is 0. The number of nitrogens with two attached hydrogens (primary N) is 1. The van der Waals surface area contributed by atoms with Crippen LogP contribution in [0.3, 0.4) is 0 Å². The fraction of sp³-hybridized carbons (Fsp3) is 0.400. The molecule has 0 radical (unpaired) electrons. The molecular weight excluding hydrogens is 280 g/mol. The first-order valence-corrected chi connectivity index (χ1v) is 7.51. The van der Waals surface area contributed by atoms with Crippen LogP contribution in [0.25, 0.3) is 22.1 Å². The minimum absolute atomic E-state index is 0.270. The molecule has 3 aromatic rings. The number of carbonyl (C=O) groups is 1. The van der Waals surface area contributed by atoms with E-state index in [9.17, 15) is 4.79 Å². The maximum atomic E-state index is 11.2. The standard InChI is InChI=1S/C15H18N6O/c16-13(22)8-20-5-1-2-10(7-20)21-9-19-12-6-18-15-11(14(12)21)3-4-17-15/h3-4,6,9-10H,1-2,5,7-8H2,(H2,16,22)(H,17,18)/t10-/m1/s1. The van der Waals surface area contributed by atoms with Crippen molar-refractivity contribution in [2.75, 3.05) is 19.6 Å². The summed E-state index contributed by atoms with van der Waals surface area (Å²) in [5, 5.41) is 1.09. The third kappa shape index (κ3) is 2.14. The van der Waals surface area contributed by atoms with E-state index in [2.05, 4.69) is 24.4 Å². The van der Waals surface area contributed by atoms with Crippen LogP contribution in [0, 0.1) is 0 Å². The molecule has 0 aliphatic carbocycles. The van der Waals surface area contributed by atoms with Crippen LogP contribution in [0.15, 0.2) is 24.8 Å². The van der Waals surface area contributed by atoms with E-state index in [0.29, 0.717) is 12.6 Å². The first kappa shape index (κ1) is 13.3. The number of nitrogens with zero attached hydrogens (tertiary/aromatic N) is 4. The van der Waals surface area contributed by atoms with Crippen molar-refractivity contribution in [3.8, 4) is 0 Å². The van der Waals surface area contributed by atoms with Gasteiger partial charge in [0.1, 0.15) is 11.2 Å². The molecule has 22 heavy (non-hydrogen) atoms. The van der Waals surface area contributed by atoms with Crippen LogP contribution in [-0.4, -0.2) is 50.0 Å². The molecule has 0 unspecified atom stereocenters. The fourth-order valence-corrected chi connectivity index (χ4v) is 3.43. The number of amides is 1. The number of nitrogens with one attached hydrogen (secondary N) is 1. The van der Waals surface area contributed by atoms with E-state index in [1.807, 2.05) is 18.6 Å². The Balaban J connectivity index is 1.74. The predicted molar refractivity (Wildman–Crippen MR) is 83.3 cm³/mol. The maximum absolute atomic E-state index is 11.2. The van der Waals surface area contributed by atoms with Gasteiger partial charge in [0, 0.05) is 24.2 Å². The van der Waals surface area contributed by atoms with E-state index in [4.69, 9.17) is 5.73 Å². The molecule has 7 heteroatoms. The van der Waals surface area contributed by atoms with Crippen molar-refractivity contribution >= 4 is 28.0 Å². The van der Waals surface area contributed by atoms with Gasteiger partial charge in [-0.05, 0) is 25.5 Å². The topological polar surface area (TPSA) is 92.8 Å². The van der Waals surface area contributed by atoms with E-state index >= 15 is 0 Å². The SMILES string of the molecule is NC(=O)CN1CCC[C@@H](n2cnc3cnc4[nH]ccc4c32)C1. The number of piperidine rings is 1. The van der Waals surface area contributed by atoms with Gasteiger partial charge in [0.25, 0.3) is 0 Å². The molecule has 0 bridgehead atoms. The summed E-state index contributed by atoms with van der Waals surface area (Å²) in [5.74, 6) is -0.270. The molecule has 4 heterocycles. The average molecular weight is 298 g/mol. The first-order valence-electron chi connectivity index (χ1n) is 7.51. The average Bonchev–Trinajstić information content (AvgIpc) is 3.12. The van der Waals surface area contributed by atoms with Crippen molar-refractivity contribution in [1.29, 1.82) is 0 Å². The number of hydrogen-bond donors (Lipinski definition) is 2. The lowest BCUT2D eigenvalue weighted by Crippen LogP contribution is -2.41. The van der Waals surface area contributed by atoms with Crippen molar-refractivity contribution < 1.29 is 4.79 Å². The molecule has 1 atom stereocenters. The highest BCUT2D eigenvalue weighted by Gasteiger charge is 2.24. The van der Waals surface area contributed by atoms with Crippen LogP contribution in [0.2, 0.25) is 0 Å².